The molecule has 0 unspecified atom stereocenters. The number of fused-ring (bicyclic) bond motifs is 4. The van der Waals surface area contributed by atoms with Crippen LogP contribution in [0.15, 0.2) is 54.0 Å². The van der Waals surface area contributed by atoms with E-state index in [0.717, 1.165) is 11.6 Å². The lowest BCUT2D eigenvalue weighted by atomic mass is 10.1. The van der Waals surface area contributed by atoms with Crippen molar-refractivity contribution in [2.75, 3.05) is 5.32 Å². The Morgan fingerprint density at radius 3 is 2.83 bits per heavy atom. The highest BCUT2D eigenvalue weighted by molar-refractivity contribution is 6.18. The molecule has 1 saturated carbocycles. The summed E-state index contributed by atoms with van der Waals surface area (Å²) in [5.74, 6) is -0.413. The van der Waals surface area contributed by atoms with Gasteiger partial charge < -0.3 is 19.8 Å². The molecule has 0 saturated heterocycles. The average Bonchev–Trinajstić information content (AvgIpc) is 3.14. The first kappa shape index (κ1) is 21.0. The van der Waals surface area contributed by atoms with Crippen molar-refractivity contribution in [2.24, 2.45) is 4.99 Å². The van der Waals surface area contributed by atoms with Gasteiger partial charge in [-0.05, 0) is 36.4 Å². The van der Waals surface area contributed by atoms with E-state index in [1.807, 2.05) is 0 Å². The monoisotopic (exact) mass is 484 g/mol. The number of H-pyrrole nitrogens is 1. The number of hydrogen-bond acceptors (Lipinski definition) is 6. The molecule has 0 spiro atoms. The number of nitrogens with zero attached hydrogens (tertiary/aromatic N) is 4. The fourth-order valence-corrected chi connectivity index (χ4v) is 3.91. The number of urea groups is 1. The molecule has 13 heteroatoms. The van der Waals surface area contributed by atoms with Crippen molar-refractivity contribution in [3.05, 3.63) is 66.0 Å². The van der Waals surface area contributed by atoms with Gasteiger partial charge in [0.05, 0.1) is 23.5 Å². The third kappa shape index (κ3) is 3.70. The second-order valence-corrected chi connectivity index (χ2v) is 7.76. The number of aromatic nitrogens is 4. The Morgan fingerprint density at radius 1 is 1.14 bits per heavy atom. The van der Waals surface area contributed by atoms with Gasteiger partial charge in [-0.15, -0.1) is 0 Å². The largest absolute Gasteiger partial charge is 0.483 e. The molecule has 3 heterocycles. The molecule has 0 radical (unpaired) electrons. The van der Waals surface area contributed by atoms with Gasteiger partial charge in [0, 0.05) is 11.3 Å². The molecule has 2 aromatic heterocycles. The van der Waals surface area contributed by atoms with Crippen LogP contribution in [-0.4, -0.2) is 37.8 Å². The van der Waals surface area contributed by atoms with Crippen LogP contribution in [0.1, 0.15) is 17.0 Å². The van der Waals surface area contributed by atoms with E-state index in [4.69, 9.17) is 9.47 Å². The summed E-state index contributed by atoms with van der Waals surface area (Å²) >= 11 is 0. The zero-order valence-corrected chi connectivity index (χ0v) is 17.3. The predicted molar refractivity (Wildman–Crippen MR) is 113 cm³/mol. The van der Waals surface area contributed by atoms with Crippen molar-refractivity contribution < 1.29 is 31.8 Å². The third-order valence-electron chi connectivity index (χ3n) is 5.53. The highest BCUT2D eigenvalue weighted by Gasteiger charge is 2.56. The van der Waals surface area contributed by atoms with Crippen LogP contribution < -0.4 is 14.8 Å². The zero-order chi connectivity index (χ0) is 24.3. The normalized spacial score (nSPS) is 19.3. The van der Waals surface area contributed by atoms with Gasteiger partial charge in [0.1, 0.15) is 29.7 Å². The predicted octanol–water partition coefficient (Wildman–Crippen LogP) is 4.83. The number of hydrogen-bond donors (Lipinski definition) is 2. The standard InChI is InChI=1S/C22H12F4N6O3/c23-13-3-1-9(5-12(13)22(24,25)26)31-21(33)32-16-15-11-6-10(2-4-14(11)35-18(15)16)34-20-17-19(28-7-27-17)29-8-30-20/h1-8,15,18H,(H,31,33)(H,27,28,29,30)/b32-16-/t15-,18-/m0/s1. The molecule has 1 aliphatic carbocycles. The number of ether oxygens (including phenoxy) is 2. The Labute approximate surface area is 192 Å². The van der Waals surface area contributed by atoms with Crippen LogP contribution >= 0.6 is 0 Å². The Morgan fingerprint density at radius 2 is 2.00 bits per heavy atom. The maximum Gasteiger partial charge on any atom is 0.419 e. The topological polar surface area (TPSA) is 114 Å². The average molecular weight is 484 g/mol. The van der Waals surface area contributed by atoms with Gasteiger partial charge in [0.2, 0.25) is 0 Å². The van der Waals surface area contributed by atoms with Crippen molar-refractivity contribution >= 4 is 28.6 Å². The van der Waals surface area contributed by atoms with E-state index < -0.39 is 29.7 Å². The van der Waals surface area contributed by atoms with Crippen LogP contribution in [-0.2, 0) is 6.18 Å². The molecule has 2 aliphatic rings. The molecule has 9 nitrogen and oxygen atoms in total. The number of alkyl halides is 3. The molecule has 176 valence electrons. The van der Waals surface area contributed by atoms with E-state index in [2.05, 4.69) is 30.2 Å². The minimum atomic E-state index is -4.89. The first-order valence-electron chi connectivity index (χ1n) is 10.2. The number of carbonyl (C=O) groups excluding carboxylic acids is 1. The number of aliphatic imine (C=N–C) groups is 1. The first-order valence-corrected chi connectivity index (χ1v) is 10.2. The van der Waals surface area contributed by atoms with Gasteiger partial charge in [-0.1, -0.05) is 0 Å². The van der Waals surface area contributed by atoms with Gasteiger partial charge in [0.25, 0.3) is 5.88 Å². The quantitative estimate of drug-likeness (QED) is 0.403. The summed E-state index contributed by atoms with van der Waals surface area (Å²) in [4.78, 5) is 31.4. The number of halogens is 4. The molecule has 2 N–H and O–H groups in total. The summed E-state index contributed by atoms with van der Waals surface area (Å²) in [6, 6.07) is 6.42. The Balaban J connectivity index is 1.19. The molecule has 2 amide bonds. The maximum atomic E-state index is 13.5. The van der Waals surface area contributed by atoms with Gasteiger partial charge >= 0.3 is 12.2 Å². The lowest BCUT2D eigenvalue weighted by molar-refractivity contribution is -0.139. The summed E-state index contributed by atoms with van der Waals surface area (Å²) in [7, 11) is 0. The van der Waals surface area contributed by atoms with E-state index in [-0.39, 0.29) is 17.5 Å². The zero-order valence-electron chi connectivity index (χ0n) is 17.3. The molecule has 2 atom stereocenters. The Hall–Kier alpha value is -4.55. The number of amides is 2. The Kier molecular flexibility index (Phi) is 4.49. The van der Waals surface area contributed by atoms with E-state index in [0.29, 0.717) is 40.5 Å². The summed E-state index contributed by atoms with van der Waals surface area (Å²) in [6.07, 6.45) is -2.54. The van der Waals surface area contributed by atoms with Crippen LogP contribution in [0.4, 0.5) is 28.0 Å². The molecule has 4 aromatic rings. The number of imidazole rings is 1. The van der Waals surface area contributed by atoms with Crippen LogP contribution in [0.5, 0.6) is 17.4 Å². The summed E-state index contributed by atoms with van der Waals surface area (Å²) in [5.41, 5.74) is 0.430. The third-order valence-corrected chi connectivity index (χ3v) is 5.53. The summed E-state index contributed by atoms with van der Waals surface area (Å²) in [5, 5.41) is 2.23. The first-order chi connectivity index (χ1) is 16.8. The molecular weight excluding hydrogens is 472 g/mol. The van der Waals surface area contributed by atoms with Crippen molar-refractivity contribution in [3.8, 4) is 17.4 Å². The molecular formula is C22H12F4N6O3. The van der Waals surface area contributed by atoms with E-state index >= 15 is 0 Å². The molecule has 1 aliphatic heterocycles. The second kappa shape index (κ2) is 7.48. The fraction of sp³-hybridized carbons (Fsp3) is 0.136. The number of aromatic amines is 1. The second-order valence-electron chi connectivity index (χ2n) is 7.76. The molecule has 0 bridgehead atoms. The number of anilines is 1. The lowest BCUT2D eigenvalue weighted by Crippen LogP contribution is -2.12. The highest BCUT2D eigenvalue weighted by atomic mass is 19.4. The lowest BCUT2D eigenvalue weighted by Gasteiger charge is -2.10. The van der Waals surface area contributed by atoms with Crippen LogP contribution in [0.2, 0.25) is 0 Å². The SMILES string of the molecule is O=C(/N=C1\[C@H]2Oc3ccc(Oc4ncnc5[nH]cnc45)cc3[C@@H]12)Nc1ccc(F)c(C(F)(F)F)c1. The summed E-state index contributed by atoms with van der Waals surface area (Å²) in [6.45, 7) is 0. The number of rotatable bonds is 3. The minimum Gasteiger partial charge on any atom is -0.483 e. The van der Waals surface area contributed by atoms with Crippen molar-refractivity contribution in [3.63, 3.8) is 0 Å². The smallest absolute Gasteiger partial charge is 0.419 e. The van der Waals surface area contributed by atoms with Gasteiger partial charge in [0.15, 0.2) is 11.2 Å². The maximum absolute atomic E-state index is 13.5. The van der Waals surface area contributed by atoms with Gasteiger partial charge in [-0.3, -0.25) is 0 Å². The molecule has 6 rings (SSSR count). The molecule has 1 fully saturated rings. The summed E-state index contributed by atoms with van der Waals surface area (Å²) < 4.78 is 63.8. The minimum absolute atomic E-state index is 0.231. The fourth-order valence-electron chi connectivity index (χ4n) is 3.91. The van der Waals surface area contributed by atoms with Crippen molar-refractivity contribution in [1.29, 1.82) is 0 Å². The number of nitrogens with one attached hydrogen (secondary N) is 2. The number of carbonyl (C=O) groups is 1. The van der Waals surface area contributed by atoms with E-state index in [9.17, 15) is 22.4 Å². The van der Waals surface area contributed by atoms with E-state index in [1.54, 1.807) is 18.2 Å². The molecule has 2 aromatic carbocycles. The Bertz CT molecular complexity index is 1530. The molecule has 35 heavy (non-hydrogen) atoms. The van der Waals surface area contributed by atoms with Gasteiger partial charge in [-0.2, -0.15) is 23.1 Å². The number of benzene rings is 2. The van der Waals surface area contributed by atoms with Crippen LogP contribution in [0.25, 0.3) is 11.2 Å². The van der Waals surface area contributed by atoms with Crippen molar-refractivity contribution in [2.45, 2.75) is 18.2 Å². The van der Waals surface area contributed by atoms with Crippen LogP contribution in [0.3, 0.4) is 0 Å². The van der Waals surface area contributed by atoms with Crippen LogP contribution in [0, 0.1) is 5.82 Å². The van der Waals surface area contributed by atoms with Crippen molar-refractivity contribution in [1.82, 2.24) is 19.9 Å². The van der Waals surface area contributed by atoms with Gasteiger partial charge in [-0.25, -0.2) is 19.2 Å². The van der Waals surface area contributed by atoms with E-state index in [1.165, 1.54) is 12.7 Å². The highest BCUT2D eigenvalue weighted by Crippen LogP contribution is 2.52.